The Bertz CT molecular complexity index is 731. The second-order valence-electron chi connectivity index (χ2n) is 6.45. The molecule has 1 aromatic carbocycles. The Balaban J connectivity index is 1.47. The van der Waals surface area contributed by atoms with Crippen molar-refractivity contribution in [3.05, 3.63) is 45.6 Å². The minimum absolute atomic E-state index is 0.225. The average molecular weight is 375 g/mol. The summed E-state index contributed by atoms with van der Waals surface area (Å²) in [4.78, 5) is 14.5. The fourth-order valence-corrected chi connectivity index (χ4v) is 3.91. The van der Waals surface area contributed by atoms with Gasteiger partial charge in [-0.1, -0.05) is 0 Å². The van der Waals surface area contributed by atoms with Gasteiger partial charge >= 0.3 is 0 Å². The van der Waals surface area contributed by atoms with E-state index in [-0.39, 0.29) is 5.91 Å². The molecule has 1 aromatic heterocycles. The lowest BCUT2D eigenvalue weighted by molar-refractivity contribution is -0.132. The lowest BCUT2D eigenvalue weighted by atomic mass is 9.98. The Morgan fingerprint density at radius 2 is 2.00 bits per heavy atom. The van der Waals surface area contributed by atoms with Crippen molar-refractivity contribution in [3.63, 3.8) is 0 Å². The van der Waals surface area contributed by atoms with Crippen molar-refractivity contribution in [2.75, 3.05) is 27.3 Å². The molecule has 0 saturated heterocycles. The second kappa shape index (κ2) is 9.05. The predicted octanol–water partition coefficient (Wildman–Crippen LogP) is 3.22. The highest BCUT2D eigenvalue weighted by Crippen LogP contribution is 2.33. The van der Waals surface area contributed by atoms with Crippen LogP contribution < -0.4 is 14.8 Å². The second-order valence-corrected chi connectivity index (χ2v) is 7.23. The largest absolute Gasteiger partial charge is 0.493 e. The van der Waals surface area contributed by atoms with E-state index < -0.39 is 0 Å². The molecule has 2 heterocycles. The molecule has 0 radical (unpaired) electrons. The van der Waals surface area contributed by atoms with Crippen LogP contribution in [0.4, 0.5) is 0 Å². The molecule has 0 bridgehead atoms. The zero-order valence-corrected chi connectivity index (χ0v) is 16.2. The van der Waals surface area contributed by atoms with Gasteiger partial charge in [-0.15, -0.1) is 0 Å². The van der Waals surface area contributed by atoms with Gasteiger partial charge in [0, 0.05) is 26.1 Å². The molecule has 0 atom stereocenters. The van der Waals surface area contributed by atoms with Crippen molar-refractivity contribution in [1.82, 2.24) is 10.2 Å². The third-order valence-electron chi connectivity index (χ3n) is 4.72. The number of rotatable bonds is 8. The van der Waals surface area contributed by atoms with Crippen molar-refractivity contribution in [1.29, 1.82) is 0 Å². The zero-order valence-electron chi connectivity index (χ0n) is 15.4. The lowest BCUT2D eigenvalue weighted by Crippen LogP contribution is -2.36. The molecule has 6 heteroatoms. The summed E-state index contributed by atoms with van der Waals surface area (Å²) in [6.45, 7) is 3.15. The molecule has 1 aliphatic rings. The summed E-state index contributed by atoms with van der Waals surface area (Å²) in [5, 5.41) is 7.62. The molecule has 26 heavy (non-hydrogen) atoms. The van der Waals surface area contributed by atoms with Crippen LogP contribution in [-0.2, 0) is 24.3 Å². The number of hydrogen-bond donors (Lipinski definition) is 1. The standard InChI is InChI=1S/C20H26N2O3S/c1-24-18-10-16-5-8-22(13-17(16)11-19(18)25-2)20(23)4-3-7-21-12-15-6-9-26-14-15/h6,9-11,14,21H,3-5,7-8,12-13H2,1-2H3. The first-order chi connectivity index (χ1) is 12.7. The van der Waals surface area contributed by atoms with Crippen LogP contribution in [0, 0.1) is 0 Å². The van der Waals surface area contributed by atoms with Gasteiger partial charge in [0.25, 0.3) is 0 Å². The number of nitrogens with zero attached hydrogens (tertiary/aromatic N) is 1. The molecule has 0 aliphatic carbocycles. The highest BCUT2D eigenvalue weighted by atomic mass is 32.1. The summed E-state index contributed by atoms with van der Waals surface area (Å²) in [7, 11) is 3.29. The lowest BCUT2D eigenvalue weighted by Gasteiger charge is -2.29. The maximum absolute atomic E-state index is 12.5. The molecule has 0 unspecified atom stereocenters. The SMILES string of the molecule is COc1cc2c(cc1OC)CN(C(=O)CCCNCc1ccsc1)CC2. The van der Waals surface area contributed by atoms with E-state index >= 15 is 0 Å². The number of hydrogen-bond acceptors (Lipinski definition) is 5. The van der Waals surface area contributed by atoms with Crippen LogP contribution in [0.3, 0.4) is 0 Å². The van der Waals surface area contributed by atoms with Crippen molar-refractivity contribution >= 4 is 17.2 Å². The van der Waals surface area contributed by atoms with Gasteiger partial charge in [0.05, 0.1) is 14.2 Å². The van der Waals surface area contributed by atoms with Crippen LogP contribution in [0.1, 0.15) is 29.5 Å². The Morgan fingerprint density at radius 1 is 1.23 bits per heavy atom. The van der Waals surface area contributed by atoms with Gasteiger partial charge < -0.3 is 19.7 Å². The fraction of sp³-hybridized carbons (Fsp3) is 0.450. The van der Waals surface area contributed by atoms with Crippen LogP contribution in [0.25, 0.3) is 0 Å². The molecule has 0 fully saturated rings. The van der Waals surface area contributed by atoms with E-state index in [1.165, 1.54) is 11.1 Å². The molecule has 1 amide bonds. The minimum atomic E-state index is 0.225. The molecule has 5 nitrogen and oxygen atoms in total. The third kappa shape index (κ3) is 4.56. The maximum Gasteiger partial charge on any atom is 0.222 e. The van der Waals surface area contributed by atoms with E-state index in [1.807, 2.05) is 17.0 Å². The Kier molecular flexibility index (Phi) is 6.52. The molecule has 1 aliphatic heterocycles. The molecule has 3 rings (SSSR count). The van der Waals surface area contributed by atoms with E-state index in [2.05, 4.69) is 22.1 Å². The molecule has 0 saturated carbocycles. The number of methoxy groups -OCH3 is 2. The zero-order chi connectivity index (χ0) is 18.4. The van der Waals surface area contributed by atoms with E-state index in [9.17, 15) is 4.79 Å². The van der Waals surface area contributed by atoms with Crippen LogP contribution in [0.15, 0.2) is 29.0 Å². The third-order valence-corrected chi connectivity index (χ3v) is 5.46. The molecule has 2 aromatic rings. The average Bonchev–Trinajstić information content (AvgIpc) is 3.19. The summed E-state index contributed by atoms with van der Waals surface area (Å²) >= 11 is 1.71. The van der Waals surface area contributed by atoms with Crippen molar-refractivity contribution < 1.29 is 14.3 Å². The minimum Gasteiger partial charge on any atom is -0.493 e. The Hall–Kier alpha value is -2.05. The predicted molar refractivity (Wildman–Crippen MR) is 104 cm³/mol. The van der Waals surface area contributed by atoms with Gasteiger partial charge in [-0.2, -0.15) is 11.3 Å². The molecule has 140 valence electrons. The maximum atomic E-state index is 12.5. The Labute approximate surface area is 158 Å². The highest BCUT2D eigenvalue weighted by Gasteiger charge is 2.22. The summed E-state index contributed by atoms with van der Waals surface area (Å²) in [5.41, 5.74) is 3.69. The monoisotopic (exact) mass is 374 g/mol. The molecule has 0 spiro atoms. The van der Waals surface area contributed by atoms with E-state index in [0.717, 1.165) is 49.5 Å². The summed E-state index contributed by atoms with van der Waals surface area (Å²) in [5.74, 6) is 1.70. The van der Waals surface area contributed by atoms with Crippen LogP contribution in [-0.4, -0.2) is 38.1 Å². The van der Waals surface area contributed by atoms with Crippen molar-refractivity contribution in [3.8, 4) is 11.5 Å². The first-order valence-corrected chi connectivity index (χ1v) is 9.89. The first-order valence-electron chi connectivity index (χ1n) is 8.94. The number of carbonyl (C=O) groups is 1. The molecular formula is C20H26N2O3S. The van der Waals surface area contributed by atoms with Crippen LogP contribution in [0.5, 0.6) is 11.5 Å². The molecule has 1 N–H and O–H groups in total. The number of carbonyl (C=O) groups excluding carboxylic acids is 1. The number of thiophene rings is 1. The van der Waals surface area contributed by atoms with Gasteiger partial charge in [0.2, 0.25) is 5.91 Å². The molecular weight excluding hydrogens is 348 g/mol. The normalized spacial score (nSPS) is 13.4. The quantitative estimate of drug-likeness (QED) is 0.721. The summed E-state index contributed by atoms with van der Waals surface area (Å²) < 4.78 is 10.8. The number of fused-ring (bicyclic) bond motifs is 1. The Morgan fingerprint density at radius 3 is 2.69 bits per heavy atom. The fourth-order valence-electron chi connectivity index (χ4n) is 3.24. The van der Waals surface area contributed by atoms with E-state index in [4.69, 9.17) is 9.47 Å². The van der Waals surface area contributed by atoms with E-state index in [1.54, 1.807) is 25.6 Å². The topological polar surface area (TPSA) is 50.8 Å². The van der Waals surface area contributed by atoms with Crippen LogP contribution in [0.2, 0.25) is 0 Å². The van der Waals surface area contributed by atoms with Crippen molar-refractivity contribution in [2.24, 2.45) is 0 Å². The number of ether oxygens (including phenoxy) is 2. The number of amides is 1. The summed E-state index contributed by atoms with van der Waals surface area (Å²) in [6, 6.07) is 6.15. The van der Waals surface area contributed by atoms with Gasteiger partial charge in [0.1, 0.15) is 0 Å². The van der Waals surface area contributed by atoms with Crippen molar-refractivity contribution in [2.45, 2.75) is 32.4 Å². The first kappa shape index (κ1) is 18.7. The van der Waals surface area contributed by atoms with Crippen LogP contribution >= 0.6 is 11.3 Å². The van der Waals surface area contributed by atoms with Gasteiger partial charge in [-0.3, -0.25) is 4.79 Å². The van der Waals surface area contributed by atoms with Gasteiger partial charge in [-0.05, 0) is 65.0 Å². The van der Waals surface area contributed by atoms with Gasteiger partial charge in [-0.25, -0.2) is 0 Å². The number of nitrogens with one attached hydrogen (secondary N) is 1. The smallest absolute Gasteiger partial charge is 0.222 e. The van der Waals surface area contributed by atoms with Gasteiger partial charge in [0.15, 0.2) is 11.5 Å². The highest BCUT2D eigenvalue weighted by molar-refractivity contribution is 7.07. The number of benzene rings is 1. The van der Waals surface area contributed by atoms with E-state index in [0.29, 0.717) is 13.0 Å². The summed E-state index contributed by atoms with van der Waals surface area (Å²) in [6.07, 6.45) is 2.30.